The Morgan fingerprint density at radius 3 is 2.36 bits per heavy atom. The van der Waals surface area contributed by atoms with E-state index in [1.807, 2.05) is 0 Å². The van der Waals surface area contributed by atoms with Crippen molar-refractivity contribution in [1.82, 2.24) is 14.5 Å². The molecule has 5 nitrogen and oxygen atoms in total. The number of aromatic nitrogens is 2. The fourth-order valence-electron chi connectivity index (χ4n) is 2.65. The Kier molecular flexibility index (Phi) is 7.33. The molecule has 0 saturated carbocycles. The predicted molar refractivity (Wildman–Crippen MR) is 105 cm³/mol. The lowest BCUT2D eigenvalue weighted by Crippen LogP contribution is -2.25. The highest BCUT2D eigenvalue weighted by Gasteiger charge is 2.37. The minimum Gasteiger partial charge on any atom is -0.268 e. The summed E-state index contributed by atoms with van der Waals surface area (Å²) in [7, 11) is -3.67. The smallest absolute Gasteiger partial charge is 0.268 e. The topological polar surface area (TPSA) is 64.0 Å². The van der Waals surface area contributed by atoms with Crippen LogP contribution in [0.5, 0.6) is 0 Å². The molecule has 10 heteroatoms. The van der Waals surface area contributed by atoms with Gasteiger partial charge in [0.2, 0.25) is 10.0 Å². The Bertz CT molecular complexity index is 909. The molecule has 2 rings (SSSR count). The van der Waals surface area contributed by atoms with Crippen LogP contribution in [-0.2, 0) is 22.7 Å². The third-order valence-electron chi connectivity index (χ3n) is 4.61. The zero-order valence-electron chi connectivity index (χ0n) is 15.8. The van der Waals surface area contributed by atoms with E-state index in [0.29, 0.717) is 18.0 Å². The van der Waals surface area contributed by atoms with Crippen molar-refractivity contribution >= 4 is 26.0 Å². The first-order chi connectivity index (χ1) is 13.0. The first-order valence-electron chi connectivity index (χ1n) is 8.87. The van der Waals surface area contributed by atoms with Gasteiger partial charge in [0.1, 0.15) is 0 Å². The van der Waals surface area contributed by atoms with Crippen LogP contribution in [-0.4, -0.2) is 24.7 Å². The Balaban J connectivity index is 1.96. The second-order valence-electron chi connectivity index (χ2n) is 6.60. The van der Waals surface area contributed by atoms with Crippen LogP contribution in [0.4, 0.5) is 13.2 Å². The fraction of sp³-hybridized carbons (Fsp3) is 0.500. The molecule has 1 heterocycles. The van der Waals surface area contributed by atoms with Gasteiger partial charge in [-0.15, -0.1) is 0 Å². The lowest BCUT2D eigenvalue weighted by atomic mass is 9.99. The maximum absolute atomic E-state index is 12.9. The van der Waals surface area contributed by atoms with E-state index < -0.39 is 21.9 Å². The number of nitrogens with zero attached hydrogens (tertiary/aromatic N) is 2. The minimum atomic E-state index is -4.54. The third kappa shape index (κ3) is 5.36. The largest absolute Gasteiger partial charge is 0.436 e. The molecule has 0 spiro atoms. The van der Waals surface area contributed by atoms with E-state index in [1.165, 1.54) is 11.6 Å². The van der Waals surface area contributed by atoms with E-state index in [1.54, 1.807) is 24.3 Å². The van der Waals surface area contributed by atoms with Crippen LogP contribution >= 0.6 is 15.9 Å². The van der Waals surface area contributed by atoms with E-state index in [4.69, 9.17) is 0 Å². The number of rotatable bonds is 8. The van der Waals surface area contributed by atoms with Crippen LogP contribution in [0.3, 0.4) is 0 Å². The maximum atomic E-state index is 12.9. The van der Waals surface area contributed by atoms with Gasteiger partial charge in [0.05, 0.1) is 15.1 Å². The van der Waals surface area contributed by atoms with Crippen LogP contribution in [0.25, 0.3) is 0 Å². The van der Waals surface area contributed by atoms with Crippen LogP contribution in [0.1, 0.15) is 49.6 Å². The molecule has 0 radical (unpaired) electrons. The maximum Gasteiger partial charge on any atom is 0.436 e. The molecule has 0 aliphatic carbocycles. The van der Waals surface area contributed by atoms with E-state index >= 15 is 0 Å². The van der Waals surface area contributed by atoms with Gasteiger partial charge in [-0.05, 0) is 59.3 Å². The SMILES string of the molecule is CCC(C)c1ccc(S(=O)(=O)NCCCn2nc(C(F)(F)F)c(Br)c2C)cc1. The molecule has 0 saturated heterocycles. The molecule has 0 aliphatic heterocycles. The molecule has 156 valence electrons. The Morgan fingerprint density at radius 2 is 1.86 bits per heavy atom. The number of nitrogens with one attached hydrogen (secondary N) is 1. The van der Waals surface area contributed by atoms with Crippen LogP contribution in [0, 0.1) is 6.92 Å². The van der Waals surface area contributed by atoms with Crippen LogP contribution < -0.4 is 4.72 Å². The quantitative estimate of drug-likeness (QED) is 0.547. The van der Waals surface area contributed by atoms with Gasteiger partial charge < -0.3 is 0 Å². The zero-order valence-corrected chi connectivity index (χ0v) is 18.2. The molecule has 1 aromatic heterocycles. The summed E-state index contributed by atoms with van der Waals surface area (Å²) in [6, 6.07) is 6.72. The van der Waals surface area contributed by atoms with Crippen molar-refractivity contribution in [2.75, 3.05) is 6.54 Å². The number of hydrogen-bond acceptors (Lipinski definition) is 3. The summed E-state index contributed by atoms with van der Waals surface area (Å²) in [5.74, 6) is 0.350. The second-order valence-corrected chi connectivity index (χ2v) is 9.16. The Hall–Kier alpha value is -1.39. The van der Waals surface area contributed by atoms with Crippen molar-refractivity contribution in [3.63, 3.8) is 0 Å². The minimum absolute atomic E-state index is 0.0910. The van der Waals surface area contributed by atoms with E-state index in [9.17, 15) is 21.6 Å². The Labute approximate surface area is 171 Å². The van der Waals surface area contributed by atoms with Gasteiger partial charge in [-0.25, -0.2) is 13.1 Å². The summed E-state index contributed by atoms with van der Waals surface area (Å²) in [5, 5.41) is 3.57. The summed E-state index contributed by atoms with van der Waals surface area (Å²) < 4.78 is 67.0. The van der Waals surface area contributed by atoms with E-state index in [0.717, 1.165) is 12.0 Å². The van der Waals surface area contributed by atoms with Crippen LogP contribution in [0.2, 0.25) is 0 Å². The molecule has 1 unspecified atom stereocenters. The van der Waals surface area contributed by atoms with Gasteiger partial charge in [-0.3, -0.25) is 4.68 Å². The highest BCUT2D eigenvalue weighted by atomic mass is 79.9. The van der Waals surface area contributed by atoms with Crippen molar-refractivity contribution in [2.45, 2.75) is 57.1 Å². The monoisotopic (exact) mass is 481 g/mol. The van der Waals surface area contributed by atoms with Gasteiger partial charge in [0.25, 0.3) is 0 Å². The van der Waals surface area contributed by atoms with E-state index in [2.05, 4.69) is 39.6 Å². The fourth-order valence-corrected chi connectivity index (χ4v) is 4.24. The normalized spacial score (nSPS) is 13.7. The summed E-state index contributed by atoms with van der Waals surface area (Å²) in [6.07, 6.45) is -3.28. The van der Waals surface area contributed by atoms with Gasteiger partial charge >= 0.3 is 6.18 Å². The predicted octanol–water partition coefficient (Wildman–Crippen LogP) is 4.85. The molecule has 0 amide bonds. The van der Waals surface area contributed by atoms with Gasteiger partial charge in [-0.2, -0.15) is 18.3 Å². The number of benzene rings is 1. The summed E-state index contributed by atoms with van der Waals surface area (Å²) >= 11 is 2.91. The van der Waals surface area contributed by atoms with Gasteiger partial charge in [-0.1, -0.05) is 26.0 Å². The highest BCUT2D eigenvalue weighted by Crippen LogP contribution is 2.35. The first kappa shape index (κ1) is 22.9. The molecular weight excluding hydrogens is 459 g/mol. The first-order valence-corrected chi connectivity index (χ1v) is 11.1. The number of hydrogen-bond donors (Lipinski definition) is 1. The number of halogens is 4. The average molecular weight is 482 g/mol. The summed E-state index contributed by atoms with van der Waals surface area (Å²) in [6.45, 7) is 5.91. The summed E-state index contributed by atoms with van der Waals surface area (Å²) in [5.41, 5.74) is 0.435. The molecule has 0 aliphatic rings. The lowest BCUT2D eigenvalue weighted by molar-refractivity contribution is -0.142. The van der Waals surface area contributed by atoms with Crippen molar-refractivity contribution in [2.24, 2.45) is 0 Å². The second kappa shape index (κ2) is 8.96. The highest BCUT2D eigenvalue weighted by molar-refractivity contribution is 9.10. The molecule has 2 aromatic rings. The van der Waals surface area contributed by atoms with Gasteiger partial charge in [0, 0.05) is 13.1 Å². The zero-order chi connectivity index (χ0) is 21.1. The lowest BCUT2D eigenvalue weighted by Gasteiger charge is -2.11. The molecule has 0 bridgehead atoms. The molecule has 28 heavy (non-hydrogen) atoms. The van der Waals surface area contributed by atoms with Crippen molar-refractivity contribution in [1.29, 1.82) is 0 Å². The summed E-state index contributed by atoms with van der Waals surface area (Å²) in [4.78, 5) is 0.164. The molecule has 0 fully saturated rings. The number of alkyl halides is 3. The molecule has 1 aromatic carbocycles. The Morgan fingerprint density at radius 1 is 1.25 bits per heavy atom. The average Bonchev–Trinajstić information content (AvgIpc) is 2.93. The molecule has 1 N–H and O–H groups in total. The van der Waals surface area contributed by atoms with Crippen molar-refractivity contribution in [3.05, 3.63) is 45.7 Å². The molecular formula is C18H23BrF3N3O2S. The molecule has 1 atom stereocenters. The van der Waals surface area contributed by atoms with E-state index in [-0.39, 0.29) is 22.5 Å². The number of sulfonamides is 1. The van der Waals surface area contributed by atoms with Crippen molar-refractivity contribution < 1.29 is 21.6 Å². The third-order valence-corrected chi connectivity index (χ3v) is 7.04. The standard InChI is InChI=1S/C18H23BrF3N3O2S/c1-4-12(2)14-6-8-15(9-7-14)28(26,27)23-10-5-11-25-13(3)16(19)17(24-25)18(20,21)22/h6-9,12,23H,4-5,10-11H2,1-3H3. The van der Waals surface area contributed by atoms with Crippen LogP contribution in [0.15, 0.2) is 33.6 Å². The van der Waals surface area contributed by atoms with Crippen molar-refractivity contribution in [3.8, 4) is 0 Å². The number of aryl methyl sites for hydroxylation is 1. The van der Waals surface area contributed by atoms with Gasteiger partial charge in [0.15, 0.2) is 5.69 Å².